The second kappa shape index (κ2) is 10.0. The van der Waals surface area contributed by atoms with E-state index in [2.05, 4.69) is 10.6 Å². The van der Waals surface area contributed by atoms with Crippen LogP contribution in [0.3, 0.4) is 0 Å². The normalized spacial score (nSPS) is 20.9. The summed E-state index contributed by atoms with van der Waals surface area (Å²) in [6.45, 7) is 1.85. The molecule has 0 aliphatic carbocycles. The van der Waals surface area contributed by atoms with E-state index in [1.165, 1.54) is 0 Å². The topological polar surface area (TPSA) is 143 Å². The molecule has 2 fully saturated rings. The van der Waals surface area contributed by atoms with E-state index in [0.29, 0.717) is 18.5 Å². The Balaban J connectivity index is 0.000000892. The zero-order chi connectivity index (χ0) is 26.1. The van der Waals surface area contributed by atoms with Gasteiger partial charge in [0.1, 0.15) is 23.5 Å². The monoisotopic (exact) mass is 505 g/mol. The van der Waals surface area contributed by atoms with Crippen LogP contribution in [0.1, 0.15) is 35.2 Å². The molecule has 1 aromatic carbocycles. The van der Waals surface area contributed by atoms with Gasteiger partial charge in [0.25, 0.3) is 12.4 Å². The number of carbonyl (C=O) groups excluding carboxylic acids is 3. The summed E-state index contributed by atoms with van der Waals surface area (Å²) in [7, 11) is 1.96. The van der Waals surface area contributed by atoms with E-state index in [1.807, 2.05) is 42.1 Å². The molecule has 2 saturated heterocycles. The van der Waals surface area contributed by atoms with Crippen LogP contribution in [0, 0.1) is 0 Å². The highest BCUT2D eigenvalue weighted by atomic mass is 16.5. The maximum atomic E-state index is 13.0. The van der Waals surface area contributed by atoms with Gasteiger partial charge in [0.05, 0.1) is 11.1 Å². The highest BCUT2D eigenvalue weighted by Gasteiger charge is 2.39. The van der Waals surface area contributed by atoms with Crippen LogP contribution >= 0.6 is 0 Å². The van der Waals surface area contributed by atoms with Gasteiger partial charge < -0.3 is 24.6 Å². The molecule has 11 nitrogen and oxygen atoms in total. The highest BCUT2D eigenvalue weighted by molar-refractivity contribution is 6.05. The standard InChI is InChI=1S/C25H25N5O4.CH2O2/c1-29-9-7-18-21(34-16-6-8-26-12-16)11-19(27-23(18)29)14-2-3-17-15(10-14)13-30(25(17)33)20-4-5-22(31)28-24(20)32;2-1-3/h2-3,7,9-11,16,20,26H,4-6,8,12-13H2,1H3,(H,28,31,32);1H,(H,2,3)/t16-,20?;/m1./s1. The zero-order valence-electron chi connectivity index (χ0n) is 20.3. The number of amides is 3. The van der Waals surface area contributed by atoms with Gasteiger partial charge in [0.15, 0.2) is 0 Å². The van der Waals surface area contributed by atoms with Gasteiger partial charge in [-0.05, 0) is 43.1 Å². The van der Waals surface area contributed by atoms with Crippen molar-refractivity contribution in [2.45, 2.75) is 38.0 Å². The molecule has 3 aromatic rings. The van der Waals surface area contributed by atoms with Crippen LogP contribution in [0.2, 0.25) is 0 Å². The quantitative estimate of drug-likeness (QED) is 0.357. The van der Waals surface area contributed by atoms with Crippen molar-refractivity contribution in [3.05, 3.63) is 47.7 Å². The number of imide groups is 1. The minimum atomic E-state index is -0.626. The van der Waals surface area contributed by atoms with Gasteiger partial charge in [-0.25, -0.2) is 4.98 Å². The Morgan fingerprint density at radius 3 is 2.70 bits per heavy atom. The van der Waals surface area contributed by atoms with E-state index in [4.69, 9.17) is 19.6 Å². The lowest BCUT2D eigenvalue weighted by atomic mass is 10.0. The lowest BCUT2D eigenvalue weighted by molar-refractivity contribution is -0.137. The third-order valence-electron chi connectivity index (χ3n) is 6.93. The highest BCUT2D eigenvalue weighted by Crippen LogP contribution is 2.35. The first-order chi connectivity index (χ1) is 17.9. The van der Waals surface area contributed by atoms with Crippen molar-refractivity contribution in [3.63, 3.8) is 0 Å². The Morgan fingerprint density at radius 1 is 1.16 bits per heavy atom. The molecule has 1 unspecified atom stereocenters. The molecule has 6 rings (SSSR count). The number of nitrogens with one attached hydrogen (secondary N) is 2. The number of piperidine rings is 1. The molecule has 11 heteroatoms. The largest absolute Gasteiger partial charge is 0.488 e. The average molecular weight is 506 g/mol. The molecule has 3 aliphatic rings. The Bertz CT molecular complexity index is 1390. The minimum Gasteiger partial charge on any atom is -0.488 e. The number of rotatable bonds is 4. The summed E-state index contributed by atoms with van der Waals surface area (Å²) in [6, 6.07) is 9.02. The summed E-state index contributed by atoms with van der Waals surface area (Å²) in [5.41, 5.74) is 3.92. The van der Waals surface area contributed by atoms with Crippen LogP contribution < -0.4 is 15.4 Å². The lowest BCUT2D eigenvalue weighted by Gasteiger charge is -2.29. The molecule has 5 heterocycles. The molecular weight excluding hydrogens is 478 g/mol. The van der Waals surface area contributed by atoms with Crippen molar-refractivity contribution in [3.8, 4) is 17.0 Å². The zero-order valence-corrected chi connectivity index (χ0v) is 20.3. The van der Waals surface area contributed by atoms with Gasteiger partial charge in [0.2, 0.25) is 11.8 Å². The summed E-state index contributed by atoms with van der Waals surface area (Å²) in [6.07, 6.45) is 3.64. The molecule has 3 amide bonds. The summed E-state index contributed by atoms with van der Waals surface area (Å²) in [4.78, 5) is 51.7. The maximum absolute atomic E-state index is 13.0. The summed E-state index contributed by atoms with van der Waals surface area (Å²) in [5, 5.41) is 13.5. The molecule has 37 heavy (non-hydrogen) atoms. The van der Waals surface area contributed by atoms with Gasteiger partial charge in [-0.1, -0.05) is 6.07 Å². The predicted molar refractivity (Wildman–Crippen MR) is 133 cm³/mol. The smallest absolute Gasteiger partial charge is 0.290 e. The van der Waals surface area contributed by atoms with Crippen LogP contribution in [0.15, 0.2) is 36.5 Å². The van der Waals surface area contributed by atoms with Crippen LogP contribution in [0.4, 0.5) is 0 Å². The molecular formula is C26H27N5O6. The number of pyridine rings is 1. The number of hydrogen-bond acceptors (Lipinski definition) is 7. The fourth-order valence-corrected chi connectivity index (χ4v) is 5.09. The van der Waals surface area contributed by atoms with E-state index in [-0.39, 0.29) is 30.8 Å². The predicted octanol–water partition coefficient (Wildman–Crippen LogP) is 1.44. The van der Waals surface area contributed by atoms with E-state index in [9.17, 15) is 14.4 Å². The van der Waals surface area contributed by atoms with Crippen molar-refractivity contribution in [1.82, 2.24) is 25.1 Å². The van der Waals surface area contributed by atoms with E-state index in [0.717, 1.165) is 53.1 Å². The average Bonchev–Trinajstić information content (AvgIpc) is 3.60. The Morgan fingerprint density at radius 2 is 1.97 bits per heavy atom. The lowest BCUT2D eigenvalue weighted by Crippen LogP contribution is -2.52. The first kappa shape index (κ1) is 24.4. The third kappa shape index (κ3) is 4.65. The van der Waals surface area contributed by atoms with Gasteiger partial charge in [0, 0.05) is 49.9 Å². The summed E-state index contributed by atoms with van der Waals surface area (Å²) >= 11 is 0. The molecule has 0 radical (unpaired) electrons. The summed E-state index contributed by atoms with van der Waals surface area (Å²) in [5.74, 6) is -0.0754. The second-order valence-electron chi connectivity index (χ2n) is 9.28. The minimum absolute atomic E-state index is 0.123. The van der Waals surface area contributed by atoms with Crippen molar-refractivity contribution >= 4 is 35.2 Å². The number of aryl methyl sites for hydroxylation is 1. The van der Waals surface area contributed by atoms with Crippen LogP contribution in [-0.4, -0.2) is 69.0 Å². The molecule has 2 atom stereocenters. The Labute approximate surface area is 212 Å². The van der Waals surface area contributed by atoms with Gasteiger partial charge in [-0.15, -0.1) is 0 Å². The molecule has 0 spiro atoms. The Kier molecular flexibility index (Phi) is 6.62. The van der Waals surface area contributed by atoms with Crippen molar-refractivity contribution < 1.29 is 29.0 Å². The first-order valence-electron chi connectivity index (χ1n) is 12.1. The van der Waals surface area contributed by atoms with Gasteiger partial charge in [-0.2, -0.15) is 0 Å². The number of ether oxygens (including phenoxy) is 1. The van der Waals surface area contributed by atoms with E-state index in [1.54, 1.807) is 11.0 Å². The third-order valence-corrected chi connectivity index (χ3v) is 6.93. The number of nitrogens with zero attached hydrogens (tertiary/aromatic N) is 3. The van der Waals surface area contributed by atoms with Crippen molar-refractivity contribution in [1.29, 1.82) is 0 Å². The maximum Gasteiger partial charge on any atom is 0.290 e. The van der Waals surface area contributed by atoms with E-state index >= 15 is 0 Å². The van der Waals surface area contributed by atoms with Crippen LogP contribution in [0.25, 0.3) is 22.3 Å². The van der Waals surface area contributed by atoms with Gasteiger partial charge in [-0.3, -0.25) is 24.5 Å². The molecule has 0 bridgehead atoms. The number of benzene rings is 1. The van der Waals surface area contributed by atoms with Crippen LogP contribution in [0.5, 0.6) is 5.75 Å². The molecule has 192 valence electrons. The first-order valence-corrected chi connectivity index (χ1v) is 12.1. The molecule has 3 N–H and O–H groups in total. The fraction of sp³-hybridized carbons (Fsp3) is 0.346. The van der Waals surface area contributed by atoms with Gasteiger partial charge >= 0.3 is 0 Å². The SMILES string of the molecule is Cn1ccc2c(O[C@@H]3CCNC3)cc(-c3ccc4c(c3)CN(C3CCC(=O)NC3=O)C4=O)nc21.O=CO. The number of aromatic nitrogens is 2. The Hall–Kier alpha value is -4.25. The second-order valence-corrected chi connectivity index (χ2v) is 9.28. The number of hydrogen-bond donors (Lipinski definition) is 3. The molecule has 2 aromatic heterocycles. The van der Waals surface area contributed by atoms with Crippen molar-refractivity contribution in [2.75, 3.05) is 13.1 Å². The number of fused-ring (bicyclic) bond motifs is 2. The number of carbonyl (C=O) groups is 4. The fourth-order valence-electron chi connectivity index (χ4n) is 5.09. The molecule has 0 saturated carbocycles. The van der Waals surface area contributed by atoms with Crippen LogP contribution in [-0.2, 0) is 28.0 Å². The summed E-state index contributed by atoms with van der Waals surface area (Å²) < 4.78 is 8.31. The molecule has 3 aliphatic heterocycles. The van der Waals surface area contributed by atoms with E-state index < -0.39 is 11.9 Å². The number of carboxylic acid groups (broad SMARTS) is 1. The van der Waals surface area contributed by atoms with Crippen molar-refractivity contribution in [2.24, 2.45) is 7.05 Å².